The van der Waals surface area contributed by atoms with E-state index >= 15 is 0 Å². The molecule has 240 valence electrons. The SMILES string of the molecule is CCc1nc2ccc(-c3cnc(N4CC(NC(=O)[C@@H]5C[C@@H](O)CN5C)C4)nc3)cn2c1N(C)c1nc(-c2ccc(F)cc2)c(C#N)s1. The number of β-amino-alcohol motifs (C(OH)–C–C–N with tert-alkyl or cyclic N) is 1. The van der Waals surface area contributed by atoms with Crippen LogP contribution in [0.3, 0.4) is 0 Å². The summed E-state index contributed by atoms with van der Waals surface area (Å²) in [6.07, 6.45) is 6.26. The molecule has 2 aliphatic heterocycles. The second-order valence-corrected chi connectivity index (χ2v) is 12.9. The first-order valence-corrected chi connectivity index (χ1v) is 16.2. The van der Waals surface area contributed by atoms with Crippen LogP contribution in [0.15, 0.2) is 55.0 Å². The Labute approximate surface area is 274 Å². The standard InChI is InChI=1S/C33H33FN10O2S/c1-4-25-31(42(3)33-40-29(27(12-35)47-33)19-5-8-22(34)9-6-19)44-15-20(7-10-28(44)39-25)21-13-36-32(37-14-21)43-16-23(17-43)38-30(46)26-11-24(45)18-41(26)2/h5-10,13-15,23-24,26,45H,4,11,16-18H2,1-3H3,(H,38,46)/t24-,26+/m1/s1. The summed E-state index contributed by atoms with van der Waals surface area (Å²) in [6.45, 7) is 3.79. The Kier molecular flexibility index (Phi) is 8.04. The summed E-state index contributed by atoms with van der Waals surface area (Å²) in [5.74, 6) is 1.03. The number of halogens is 1. The molecule has 1 amide bonds. The number of benzene rings is 1. The Hall–Kier alpha value is -4.97. The summed E-state index contributed by atoms with van der Waals surface area (Å²) in [5.41, 5.74) is 4.58. The zero-order valence-corrected chi connectivity index (χ0v) is 26.9. The molecule has 14 heteroatoms. The zero-order chi connectivity index (χ0) is 32.8. The van der Waals surface area contributed by atoms with E-state index in [9.17, 15) is 19.6 Å². The number of imidazole rings is 1. The number of likely N-dealkylation sites (tertiary alicyclic amines) is 1. The first-order chi connectivity index (χ1) is 22.7. The van der Waals surface area contributed by atoms with E-state index in [1.54, 1.807) is 24.5 Å². The van der Waals surface area contributed by atoms with Gasteiger partial charge in [0.15, 0.2) is 5.13 Å². The number of aliphatic hydroxyl groups is 1. The van der Waals surface area contributed by atoms with Crippen LogP contribution in [-0.4, -0.2) is 92.2 Å². The number of aromatic nitrogens is 5. The fourth-order valence-electron chi connectivity index (χ4n) is 6.21. The van der Waals surface area contributed by atoms with Crippen LogP contribution in [0.1, 0.15) is 23.9 Å². The summed E-state index contributed by atoms with van der Waals surface area (Å²) >= 11 is 1.27. The van der Waals surface area contributed by atoms with Gasteiger partial charge in [0.05, 0.1) is 23.9 Å². The highest BCUT2D eigenvalue weighted by molar-refractivity contribution is 7.16. The van der Waals surface area contributed by atoms with Crippen molar-refractivity contribution >= 4 is 39.8 Å². The van der Waals surface area contributed by atoms with E-state index < -0.39 is 6.10 Å². The van der Waals surface area contributed by atoms with Gasteiger partial charge in [-0.1, -0.05) is 18.3 Å². The van der Waals surface area contributed by atoms with Crippen molar-refractivity contribution in [1.82, 2.24) is 34.6 Å². The second-order valence-electron chi connectivity index (χ2n) is 12.0. The molecule has 6 heterocycles. The van der Waals surface area contributed by atoms with Crippen LogP contribution < -0.4 is 15.1 Å². The van der Waals surface area contributed by atoms with Crippen molar-refractivity contribution in [3.05, 3.63) is 71.4 Å². The number of amides is 1. The molecular formula is C33H33FN10O2S. The maximum Gasteiger partial charge on any atom is 0.237 e. The van der Waals surface area contributed by atoms with Gasteiger partial charge in [-0.25, -0.2) is 24.3 Å². The molecule has 0 bridgehead atoms. The Morgan fingerprint density at radius 2 is 1.83 bits per heavy atom. The minimum Gasteiger partial charge on any atom is -0.392 e. The van der Waals surface area contributed by atoms with Crippen molar-refractivity contribution in [3.8, 4) is 28.5 Å². The lowest BCUT2D eigenvalue weighted by atomic mass is 10.1. The minimum atomic E-state index is -0.464. The van der Waals surface area contributed by atoms with E-state index in [-0.39, 0.29) is 23.8 Å². The van der Waals surface area contributed by atoms with Gasteiger partial charge in [-0.15, -0.1) is 0 Å². The Bertz CT molecular complexity index is 1980. The number of fused-ring (bicyclic) bond motifs is 1. The van der Waals surface area contributed by atoms with Crippen LogP contribution in [0.4, 0.5) is 21.3 Å². The average Bonchev–Trinajstić information content (AvgIpc) is 3.76. The van der Waals surface area contributed by atoms with E-state index in [1.807, 2.05) is 58.4 Å². The lowest BCUT2D eigenvalue weighted by Gasteiger charge is -2.40. The van der Waals surface area contributed by atoms with Crippen LogP contribution in [0.5, 0.6) is 0 Å². The molecule has 47 heavy (non-hydrogen) atoms. The zero-order valence-electron chi connectivity index (χ0n) is 26.1. The lowest BCUT2D eigenvalue weighted by molar-refractivity contribution is -0.126. The molecule has 0 unspecified atom stereocenters. The van der Waals surface area contributed by atoms with Crippen LogP contribution in [-0.2, 0) is 11.2 Å². The highest BCUT2D eigenvalue weighted by atomic mass is 32.1. The number of aliphatic hydroxyl groups excluding tert-OH is 1. The van der Waals surface area contributed by atoms with Gasteiger partial charge in [0.2, 0.25) is 11.9 Å². The van der Waals surface area contributed by atoms with Crippen LogP contribution in [0.2, 0.25) is 0 Å². The van der Waals surface area contributed by atoms with Crippen molar-refractivity contribution in [2.45, 2.75) is 38.0 Å². The molecule has 4 aromatic heterocycles. The molecule has 2 aliphatic rings. The molecule has 2 saturated heterocycles. The molecule has 2 N–H and O–H groups in total. The number of hydrogen-bond acceptors (Lipinski definition) is 11. The maximum atomic E-state index is 13.6. The number of rotatable bonds is 8. The van der Waals surface area contributed by atoms with Crippen LogP contribution >= 0.6 is 11.3 Å². The quantitative estimate of drug-likeness (QED) is 0.256. The van der Waals surface area contributed by atoms with E-state index in [0.717, 1.165) is 28.3 Å². The molecule has 0 aliphatic carbocycles. The van der Waals surface area contributed by atoms with E-state index in [1.165, 1.54) is 23.5 Å². The number of pyridine rings is 1. The first kappa shape index (κ1) is 30.7. The normalized spacial score (nSPS) is 18.3. The summed E-state index contributed by atoms with van der Waals surface area (Å²) in [4.78, 5) is 37.8. The van der Waals surface area contributed by atoms with Crippen molar-refractivity contribution < 1.29 is 14.3 Å². The predicted molar refractivity (Wildman–Crippen MR) is 177 cm³/mol. The molecule has 7 rings (SSSR count). The van der Waals surface area contributed by atoms with Gasteiger partial charge in [-0.2, -0.15) is 5.26 Å². The third-order valence-electron chi connectivity index (χ3n) is 8.75. The molecule has 2 atom stereocenters. The molecule has 5 aromatic rings. The topological polar surface area (TPSA) is 139 Å². The van der Waals surface area contributed by atoms with Gasteiger partial charge in [-0.3, -0.25) is 14.1 Å². The van der Waals surface area contributed by atoms with E-state index in [2.05, 4.69) is 21.4 Å². The molecule has 1 aromatic carbocycles. The van der Waals surface area contributed by atoms with Gasteiger partial charge < -0.3 is 20.2 Å². The number of carbonyl (C=O) groups is 1. The number of anilines is 3. The maximum absolute atomic E-state index is 13.6. The summed E-state index contributed by atoms with van der Waals surface area (Å²) in [7, 11) is 3.76. The third kappa shape index (κ3) is 5.78. The fraction of sp³-hybridized carbons (Fsp3) is 0.333. The Morgan fingerprint density at radius 1 is 1.11 bits per heavy atom. The number of thiazole rings is 1. The number of likely N-dealkylation sites (N-methyl/N-ethyl adjacent to an activating group) is 1. The monoisotopic (exact) mass is 652 g/mol. The van der Waals surface area contributed by atoms with Gasteiger partial charge in [0.25, 0.3) is 0 Å². The van der Waals surface area contributed by atoms with Crippen LogP contribution in [0, 0.1) is 17.1 Å². The number of aryl methyl sites for hydroxylation is 1. The lowest BCUT2D eigenvalue weighted by Crippen LogP contribution is -2.61. The molecule has 0 saturated carbocycles. The molecule has 2 fully saturated rings. The first-order valence-electron chi connectivity index (χ1n) is 15.4. The van der Waals surface area contributed by atoms with Gasteiger partial charge >= 0.3 is 0 Å². The second kappa shape index (κ2) is 12.3. The number of nitriles is 1. The largest absolute Gasteiger partial charge is 0.392 e. The third-order valence-corrected chi connectivity index (χ3v) is 9.78. The molecular weight excluding hydrogens is 619 g/mol. The average molecular weight is 653 g/mol. The Morgan fingerprint density at radius 3 is 2.49 bits per heavy atom. The predicted octanol–water partition coefficient (Wildman–Crippen LogP) is 3.63. The van der Waals surface area contributed by atoms with Crippen LogP contribution in [0.25, 0.3) is 28.0 Å². The Balaban J connectivity index is 1.09. The number of carbonyl (C=O) groups excluding carboxylic acids is 1. The summed E-state index contributed by atoms with van der Waals surface area (Å²) in [5, 5.41) is 23.4. The highest BCUT2D eigenvalue weighted by Gasteiger charge is 2.37. The highest BCUT2D eigenvalue weighted by Crippen LogP contribution is 2.37. The summed E-state index contributed by atoms with van der Waals surface area (Å²) < 4.78 is 15.6. The number of nitrogens with one attached hydrogen (secondary N) is 1. The minimum absolute atomic E-state index is 0.0117. The molecule has 0 spiro atoms. The van der Waals surface area contributed by atoms with E-state index in [0.29, 0.717) is 59.7 Å². The van der Waals surface area contributed by atoms with Crippen molar-refractivity contribution in [2.24, 2.45) is 0 Å². The van der Waals surface area contributed by atoms with Gasteiger partial charge in [-0.05, 0) is 56.3 Å². The summed E-state index contributed by atoms with van der Waals surface area (Å²) in [6, 6.07) is 11.9. The van der Waals surface area contributed by atoms with Crippen molar-refractivity contribution in [2.75, 3.05) is 43.5 Å². The fourth-order valence-corrected chi connectivity index (χ4v) is 7.06. The molecule has 12 nitrogen and oxygen atoms in total. The smallest absolute Gasteiger partial charge is 0.237 e. The van der Waals surface area contributed by atoms with Crippen molar-refractivity contribution in [3.63, 3.8) is 0 Å². The van der Waals surface area contributed by atoms with E-state index in [4.69, 9.17) is 9.97 Å². The van der Waals surface area contributed by atoms with Crippen molar-refractivity contribution in [1.29, 1.82) is 5.26 Å². The van der Waals surface area contributed by atoms with Gasteiger partial charge in [0, 0.05) is 62.0 Å². The molecule has 0 radical (unpaired) electrons. The van der Waals surface area contributed by atoms with Gasteiger partial charge in [0.1, 0.15) is 33.9 Å². The number of hydrogen-bond donors (Lipinski definition) is 2. The number of nitrogens with zero attached hydrogens (tertiary/aromatic N) is 9.